The second-order valence-electron chi connectivity index (χ2n) is 7.78. The molecule has 0 amide bonds. The summed E-state index contributed by atoms with van der Waals surface area (Å²) in [7, 11) is 0. The van der Waals surface area contributed by atoms with E-state index in [0.717, 1.165) is 11.3 Å². The molecule has 7 rings (SSSR count). The van der Waals surface area contributed by atoms with Crippen molar-refractivity contribution in [1.82, 2.24) is 4.40 Å². The number of para-hydroxylation sites is 1. The van der Waals surface area contributed by atoms with Crippen LogP contribution in [0.25, 0.3) is 16.6 Å². The highest BCUT2D eigenvalue weighted by Gasteiger charge is 2.50. The Kier molecular flexibility index (Phi) is 3.17. The van der Waals surface area contributed by atoms with Crippen molar-refractivity contribution >= 4 is 17.3 Å². The lowest BCUT2D eigenvalue weighted by atomic mass is 9.78. The average Bonchev–Trinajstić information content (AvgIpc) is 3.20. The van der Waals surface area contributed by atoms with Crippen LogP contribution in [0, 0.1) is 0 Å². The van der Waals surface area contributed by atoms with E-state index in [9.17, 15) is 0 Å². The van der Waals surface area contributed by atoms with E-state index in [1.165, 1.54) is 37.7 Å². The van der Waals surface area contributed by atoms with Crippen molar-refractivity contribution in [2.24, 2.45) is 0 Å². The smallest absolute Gasteiger partial charge is 0.202 e. The van der Waals surface area contributed by atoms with Crippen molar-refractivity contribution in [2.45, 2.75) is 15.4 Å². The summed E-state index contributed by atoms with van der Waals surface area (Å²) in [4.78, 5) is 2.49. The van der Waals surface area contributed by atoms with Gasteiger partial charge in [-0.05, 0) is 36.4 Å². The maximum absolute atomic E-state index is 7.07. The molecule has 3 aromatic carbocycles. The highest BCUT2D eigenvalue weighted by Crippen LogP contribution is 2.58. The van der Waals surface area contributed by atoms with Gasteiger partial charge in [-0.15, -0.1) is 0 Å². The lowest BCUT2D eigenvalue weighted by Crippen LogP contribution is -2.41. The molecule has 4 heterocycles. The first-order valence-corrected chi connectivity index (χ1v) is 10.9. The van der Waals surface area contributed by atoms with Gasteiger partial charge in [-0.2, -0.15) is 0 Å². The van der Waals surface area contributed by atoms with Crippen molar-refractivity contribution in [3.63, 3.8) is 0 Å². The molecule has 2 aromatic heterocycles. The van der Waals surface area contributed by atoms with Crippen molar-refractivity contribution in [3.05, 3.63) is 120 Å². The lowest BCUT2D eigenvalue weighted by molar-refractivity contribution is 0.139. The summed E-state index contributed by atoms with van der Waals surface area (Å²) in [5, 5.41) is 0. The molecule has 142 valence electrons. The van der Waals surface area contributed by atoms with E-state index in [4.69, 9.17) is 4.74 Å². The number of rotatable bonds is 0. The number of hydrogen-bond acceptors (Lipinski definition) is 2. The molecular formula is C27H17NOS. The molecule has 0 bridgehead atoms. The van der Waals surface area contributed by atoms with E-state index in [2.05, 4.69) is 108 Å². The highest BCUT2D eigenvalue weighted by atomic mass is 32.2. The van der Waals surface area contributed by atoms with Gasteiger partial charge in [0.25, 0.3) is 0 Å². The van der Waals surface area contributed by atoms with Crippen molar-refractivity contribution in [3.8, 4) is 16.9 Å². The van der Waals surface area contributed by atoms with Crippen LogP contribution >= 0.6 is 11.8 Å². The summed E-state index contributed by atoms with van der Waals surface area (Å²) >= 11 is 1.82. The molecule has 0 atom stereocenters. The molecule has 0 aliphatic carbocycles. The zero-order valence-corrected chi connectivity index (χ0v) is 16.9. The van der Waals surface area contributed by atoms with Crippen LogP contribution in [0.5, 0.6) is 5.75 Å². The molecule has 2 aliphatic heterocycles. The van der Waals surface area contributed by atoms with E-state index >= 15 is 0 Å². The topological polar surface area (TPSA) is 13.6 Å². The normalized spacial score (nSPS) is 15.1. The molecule has 2 nitrogen and oxygen atoms in total. The van der Waals surface area contributed by atoms with Crippen LogP contribution in [0.2, 0.25) is 0 Å². The van der Waals surface area contributed by atoms with Crippen LogP contribution in [0.1, 0.15) is 16.8 Å². The summed E-state index contributed by atoms with van der Waals surface area (Å²) in [6.07, 6.45) is 2.15. The van der Waals surface area contributed by atoms with E-state index in [1.54, 1.807) is 0 Å². The summed E-state index contributed by atoms with van der Waals surface area (Å²) in [6, 6.07) is 34.4. The fourth-order valence-corrected chi connectivity index (χ4v) is 6.17. The van der Waals surface area contributed by atoms with Crippen LogP contribution in [-0.2, 0) is 5.60 Å². The van der Waals surface area contributed by atoms with Gasteiger partial charge in [-0.1, -0.05) is 72.4 Å². The lowest BCUT2D eigenvalue weighted by Gasteiger charge is -2.43. The Morgan fingerprint density at radius 3 is 2.13 bits per heavy atom. The van der Waals surface area contributed by atoms with Crippen LogP contribution in [-0.4, -0.2) is 4.40 Å². The summed E-state index contributed by atoms with van der Waals surface area (Å²) < 4.78 is 9.37. The zero-order chi connectivity index (χ0) is 19.7. The monoisotopic (exact) mass is 403 g/mol. The maximum Gasteiger partial charge on any atom is 0.202 e. The van der Waals surface area contributed by atoms with Crippen molar-refractivity contribution in [2.75, 3.05) is 0 Å². The van der Waals surface area contributed by atoms with Gasteiger partial charge >= 0.3 is 0 Å². The predicted molar refractivity (Wildman–Crippen MR) is 120 cm³/mol. The summed E-state index contributed by atoms with van der Waals surface area (Å²) in [5.41, 5.74) is 6.44. The standard InChI is InChI=1S/C27H17NOS/c1-4-13-23-19(10-1)20-17-18-9-7-8-16-28(18)26(20)27(29-23)21-11-2-5-14-24(21)30-25-15-6-3-12-22(25)27/h1-17H. The highest BCUT2D eigenvalue weighted by molar-refractivity contribution is 7.99. The molecule has 0 fully saturated rings. The largest absolute Gasteiger partial charge is 0.471 e. The quantitative estimate of drug-likeness (QED) is 0.284. The van der Waals surface area contributed by atoms with Crippen molar-refractivity contribution < 1.29 is 4.74 Å². The van der Waals surface area contributed by atoms with E-state index < -0.39 is 5.60 Å². The second kappa shape index (κ2) is 5.80. The van der Waals surface area contributed by atoms with Gasteiger partial charge in [0.1, 0.15) is 5.75 Å². The Bertz CT molecular complexity index is 1420. The summed E-state index contributed by atoms with van der Waals surface area (Å²) in [6.45, 7) is 0. The van der Waals surface area contributed by atoms with E-state index in [-0.39, 0.29) is 0 Å². The molecule has 0 saturated heterocycles. The van der Waals surface area contributed by atoms with Crippen LogP contribution in [0.3, 0.4) is 0 Å². The number of pyridine rings is 1. The number of hydrogen-bond donors (Lipinski definition) is 0. The van der Waals surface area contributed by atoms with Gasteiger partial charge in [0.2, 0.25) is 5.60 Å². The zero-order valence-electron chi connectivity index (χ0n) is 16.1. The molecule has 0 radical (unpaired) electrons. The third-order valence-corrected chi connectivity index (χ3v) is 7.36. The van der Waals surface area contributed by atoms with Gasteiger partial charge in [0, 0.05) is 43.8 Å². The van der Waals surface area contributed by atoms with E-state index in [0.29, 0.717) is 0 Å². The van der Waals surface area contributed by atoms with Gasteiger partial charge in [0.15, 0.2) is 0 Å². The Morgan fingerprint density at radius 1 is 0.667 bits per heavy atom. The Labute approximate surface area is 178 Å². The first kappa shape index (κ1) is 16.4. The fourth-order valence-electron chi connectivity index (χ4n) is 5.00. The minimum Gasteiger partial charge on any atom is -0.471 e. The molecule has 2 aliphatic rings. The van der Waals surface area contributed by atoms with Gasteiger partial charge in [0.05, 0.1) is 5.69 Å². The Balaban J connectivity index is 1.71. The predicted octanol–water partition coefficient (Wildman–Crippen LogP) is 6.76. The Hall–Kier alpha value is -3.43. The SMILES string of the molecule is c1ccc2c(c1)OC1(c3ccccc3Sc3ccccc31)c1c-2cc2ccccn12. The van der Waals surface area contributed by atoms with Gasteiger partial charge in [-0.25, -0.2) is 0 Å². The average molecular weight is 404 g/mol. The molecule has 5 aromatic rings. The minimum absolute atomic E-state index is 0.699. The van der Waals surface area contributed by atoms with Gasteiger partial charge in [-0.3, -0.25) is 0 Å². The molecule has 0 N–H and O–H groups in total. The third-order valence-electron chi connectivity index (χ3n) is 6.21. The van der Waals surface area contributed by atoms with Crippen molar-refractivity contribution in [1.29, 1.82) is 0 Å². The number of aromatic nitrogens is 1. The molecule has 0 unspecified atom stereocenters. The maximum atomic E-state index is 7.07. The molecule has 1 spiro atoms. The fraction of sp³-hybridized carbons (Fsp3) is 0.0370. The van der Waals surface area contributed by atoms with Crippen LogP contribution < -0.4 is 4.74 Å². The first-order valence-electron chi connectivity index (χ1n) is 10.1. The minimum atomic E-state index is -0.699. The number of nitrogens with zero attached hydrogens (tertiary/aromatic N) is 1. The molecule has 30 heavy (non-hydrogen) atoms. The number of fused-ring (bicyclic) bond motifs is 10. The second-order valence-corrected chi connectivity index (χ2v) is 8.86. The first-order chi connectivity index (χ1) is 14.9. The van der Waals surface area contributed by atoms with Crippen LogP contribution in [0.4, 0.5) is 0 Å². The Morgan fingerprint density at radius 2 is 1.33 bits per heavy atom. The van der Waals surface area contributed by atoms with Crippen LogP contribution in [0.15, 0.2) is 113 Å². The van der Waals surface area contributed by atoms with E-state index in [1.807, 2.05) is 11.8 Å². The van der Waals surface area contributed by atoms with Gasteiger partial charge < -0.3 is 9.14 Å². The number of benzene rings is 3. The number of ether oxygens (including phenoxy) is 1. The molecule has 0 saturated carbocycles. The summed E-state index contributed by atoms with van der Waals surface area (Å²) in [5.74, 6) is 0.928. The third kappa shape index (κ3) is 1.95. The molecule has 3 heteroatoms. The molecular weight excluding hydrogens is 386 g/mol.